The van der Waals surface area contributed by atoms with Crippen molar-refractivity contribution < 1.29 is 14.5 Å². The third kappa shape index (κ3) is 5.89. The highest BCUT2D eigenvalue weighted by molar-refractivity contribution is 5.68. The summed E-state index contributed by atoms with van der Waals surface area (Å²) in [6.45, 7) is 5.36. The van der Waals surface area contributed by atoms with Gasteiger partial charge in [0.2, 0.25) is 0 Å². The third-order valence-corrected chi connectivity index (χ3v) is 2.19. The van der Waals surface area contributed by atoms with E-state index in [2.05, 4.69) is 10.3 Å². The number of nitro groups is 1. The Hall–Kier alpha value is -2.64. The van der Waals surface area contributed by atoms with Crippen molar-refractivity contribution in [2.45, 2.75) is 26.4 Å². The number of hydrogen-bond donors (Lipinski definition) is 2. The quantitative estimate of drug-likeness (QED) is 0.649. The predicted molar refractivity (Wildman–Crippen MR) is 77.0 cm³/mol. The number of aromatic amines is 1. The summed E-state index contributed by atoms with van der Waals surface area (Å²) in [4.78, 5) is 35.1. The van der Waals surface area contributed by atoms with Gasteiger partial charge in [-0.1, -0.05) is 12.2 Å². The lowest BCUT2D eigenvalue weighted by atomic mass is 10.2. The first kappa shape index (κ1) is 16.4. The van der Waals surface area contributed by atoms with E-state index in [1.54, 1.807) is 20.8 Å². The van der Waals surface area contributed by atoms with Gasteiger partial charge in [0.25, 0.3) is 11.2 Å². The van der Waals surface area contributed by atoms with Crippen molar-refractivity contribution in [3.05, 3.63) is 44.4 Å². The van der Waals surface area contributed by atoms with E-state index in [0.717, 1.165) is 12.3 Å². The predicted octanol–water partition coefficient (Wildman–Crippen LogP) is 1.82. The molecule has 8 heteroatoms. The lowest BCUT2D eigenvalue weighted by Crippen LogP contribution is -2.32. The number of nitrogens with zero attached hydrogens (tertiary/aromatic N) is 1. The minimum atomic E-state index is -0.605. The fraction of sp³-hybridized carbons (Fsp3) is 0.385. The molecule has 0 aliphatic rings. The van der Waals surface area contributed by atoms with Crippen LogP contribution in [0.3, 0.4) is 0 Å². The maximum Gasteiger partial charge on any atom is 0.407 e. The van der Waals surface area contributed by atoms with Crippen LogP contribution < -0.4 is 10.9 Å². The molecule has 0 aromatic carbocycles. The third-order valence-electron chi connectivity index (χ3n) is 2.19. The van der Waals surface area contributed by atoms with E-state index in [4.69, 9.17) is 4.74 Å². The van der Waals surface area contributed by atoms with Crippen molar-refractivity contribution >= 4 is 17.9 Å². The molecule has 1 amide bonds. The lowest BCUT2D eigenvalue weighted by molar-refractivity contribution is -0.385. The molecule has 2 N–H and O–H groups in total. The second-order valence-electron chi connectivity index (χ2n) is 5.18. The summed E-state index contributed by atoms with van der Waals surface area (Å²) in [6.07, 6.45) is 3.33. The number of pyridine rings is 1. The van der Waals surface area contributed by atoms with Gasteiger partial charge < -0.3 is 15.0 Å². The van der Waals surface area contributed by atoms with E-state index in [-0.39, 0.29) is 17.8 Å². The Balaban J connectivity index is 2.62. The molecule has 1 rings (SSSR count). The van der Waals surface area contributed by atoms with E-state index in [1.165, 1.54) is 12.2 Å². The van der Waals surface area contributed by atoms with E-state index in [0.29, 0.717) is 0 Å². The Morgan fingerprint density at radius 3 is 2.76 bits per heavy atom. The average molecular weight is 295 g/mol. The molecule has 1 aromatic heterocycles. The van der Waals surface area contributed by atoms with Gasteiger partial charge in [-0.05, 0) is 20.8 Å². The number of alkyl carbamates (subject to hydrolysis) is 1. The van der Waals surface area contributed by atoms with Gasteiger partial charge in [-0.15, -0.1) is 0 Å². The Labute approximate surface area is 121 Å². The van der Waals surface area contributed by atoms with E-state index in [9.17, 15) is 19.7 Å². The molecule has 0 bridgehead atoms. The van der Waals surface area contributed by atoms with Crippen molar-refractivity contribution in [2.75, 3.05) is 6.54 Å². The molecule has 1 aromatic rings. The van der Waals surface area contributed by atoms with Gasteiger partial charge in [-0.25, -0.2) is 4.79 Å². The molecule has 0 saturated heterocycles. The summed E-state index contributed by atoms with van der Waals surface area (Å²) in [6, 6.07) is 1.16. The molecule has 21 heavy (non-hydrogen) atoms. The molecule has 0 aliphatic carbocycles. The van der Waals surface area contributed by atoms with E-state index in [1.807, 2.05) is 0 Å². The molecule has 0 spiro atoms. The van der Waals surface area contributed by atoms with Crippen LogP contribution in [0, 0.1) is 10.1 Å². The number of ether oxygens (including phenoxy) is 1. The molecule has 0 radical (unpaired) electrons. The summed E-state index contributed by atoms with van der Waals surface area (Å²) in [5, 5.41) is 13.1. The standard InChI is InChI=1S/C13H17N3O5/c1-13(2,3)21-12(18)14-6-4-5-9-7-10(16(19)20)8-15-11(9)17/h4-5,7-8H,6H2,1-3H3,(H,14,18)(H,15,17). The van der Waals surface area contributed by atoms with Gasteiger partial charge in [0.1, 0.15) is 5.60 Å². The van der Waals surface area contributed by atoms with Crippen LogP contribution in [-0.4, -0.2) is 28.1 Å². The fourth-order valence-corrected chi connectivity index (χ4v) is 1.36. The highest BCUT2D eigenvalue weighted by Gasteiger charge is 2.15. The molecular weight excluding hydrogens is 278 g/mol. The number of hydrogen-bond acceptors (Lipinski definition) is 5. The van der Waals surface area contributed by atoms with Crippen molar-refractivity contribution in [1.29, 1.82) is 0 Å². The topological polar surface area (TPSA) is 114 Å². The van der Waals surface area contributed by atoms with Gasteiger partial charge in [-0.2, -0.15) is 0 Å². The summed E-state index contributed by atoms with van der Waals surface area (Å²) in [5.41, 5.74) is -1.12. The number of amides is 1. The number of aromatic nitrogens is 1. The zero-order chi connectivity index (χ0) is 16.0. The van der Waals surface area contributed by atoms with Crippen molar-refractivity contribution in [2.24, 2.45) is 0 Å². The van der Waals surface area contributed by atoms with Gasteiger partial charge in [0.05, 0.1) is 11.1 Å². The lowest BCUT2D eigenvalue weighted by Gasteiger charge is -2.19. The Bertz CT molecular complexity index is 613. The zero-order valence-electron chi connectivity index (χ0n) is 12.0. The monoisotopic (exact) mass is 295 g/mol. The molecular formula is C13H17N3O5. The SMILES string of the molecule is CC(C)(C)OC(=O)NCC=Cc1cc([N+](=O)[O-])c[nH]c1=O. The van der Waals surface area contributed by atoms with Gasteiger partial charge in [0.15, 0.2) is 0 Å². The first-order chi connectivity index (χ1) is 9.69. The number of rotatable bonds is 4. The first-order valence-corrected chi connectivity index (χ1v) is 6.19. The zero-order valence-corrected chi connectivity index (χ0v) is 12.0. The first-order valence-electron chi connectivity index (χ1n) is 6.19. The largest absolute Gasteiger partial charge is 0.444 e. The number of carbonyl (C=O) groups is 1. The van der Waals surface area contributed by atoms with Crippen molar-refractivity contribution in [3.8, 4) is 0 Å². The van der Waals surface area contributed by atoms with Crippen LogP contribution in [0.2, 0.25) is 0 Å². The Morgan fingerprint density at radius 2 is 2.19 bits per heavy atom. The van der Waals surface area contributed by atoms with Gasteiger partial charge >= 0.3 is 6.09 Å². The average Bonchev–Trinajstić information content (AvgIpc) is 2.34. The number of nitrogens with one attached hydrogen (secondary N) is 2. The van der Waals surface area contributed by atoms with Gasteiger partial charge in [-0.3, -0.25) is 14.9 Å². The summed E-state index contributed by atoms with van der Waals surface area (Å²) >= 11 is 0. The smallest absolute Gasteiger partial charge is 0.407 e. The molecule has 0 atom stereocenters. The molecule has 114 valence electrons. The van der Waals surface area contributed by atoms with Crippen LogP contribution in [0.4, 0.5) is 10.5 Å². The molecule has 1 heterocycles. The molecule has 0 aliphatic heterocycles. The molecule has 0 fully saturated rings. The molecule has 0 unspecified atom stereocenters. The second-order valence-corrected chi connectivity index (χ2v) is 5.18. The summed E-state index contributed by atoms with van der Waals surface area (Å²) in [7, 11) is 0. The van der Waals surface area contributed by atoms with Crippen LogP contribution in [0.1, 0.15) is 26.3 Å². The Morgan fingerprint density at radius 1 is 1.52 bits per heavy atom. The maximum absolute atomic E-state index is 11.5. The van der Waals surface area contributed by atoms with E-state index >= 15 is 0 Å². The highest BCUT2D eigenvalue weighted by Crippen LogP contribution is 2.09. The van der Waals surface area contributed by atoms with E-state index < -0.39 is 22.2 Å². The number of carbonyl (C=O) groups excluding carboxylic acids is 1. The van der Waals surface area contributed by atoms with Crippen molar-refractivity contribution in [1.82, 2.24) is 10.3 Å². The van der Waals surface area contributed by atoms with Crippen LogP contribution in [0.15, 0.2) is 23.1 Å². The Kier molecular flexibility index (Phi) is 5.23. The van der Waals surface area contributed by atoms with Crippen LogP contribution in [0.5, 0.6) is 0 Å². The number of H-pyrrole nitrogens is 1. The minimum absolute atomic E-state index is 0.134. The van der Waals surface area contributed by atoms with Crippen molar-refractivity contribution in [3.63, 3.8) is 0 Å². The fourth-order valence-electron chi connectivity index (χ4n) is 1.36. The minimum Gasteiger partial charge on any atom is -0.444 e. The van der Waals surface area contributed by atoms with Crippen LogP contribution in [0.25, 0.3) is 6.08 Å². The molecule has 0 saturated carbocycles. The summed E-state index contributed by atoms with van der Waals surface area (Å²) < 4.78 is 5.02. The van der Waals surface area contributed by atoms with Crippen LogP contribution in [-0.2, 0) is 4.74 Å². The maximum atomic E-state index is 11.5. The normalized spacial score (nSPS) is 11.4. The summed E-state index contributed by atoms with van der Waals surface area (Å²) in [5.74, 6) is 0. The second kappa shape index (κ2) is 6.69. The highest BCUT2D eigenvalue weighted by atomic mass is 16.6. The van der Waals surface area contributed by atoms with Crippen LogP contribution >= 0.6 is 0 Å². The molecule has 8 nitrogen and oxygen atoms in total. The van der Waals surface area contributed by atoms with Gasteiger partial charge in [0, 0.05) is 18.2 Å².